The van der Waals surface area contributed by atoms with Crippen LogP contribution in [-0.4, -0.2) is 16.8 Å². The van der Waals surface area contributed by atoms with E-state index in [2.05, 4.69) is 0 Å². The van der Waals surface area contributed by atoms with Crippen LogP contribution in [0.15, 0.2) is 30.3 Å². The summed E-state index contributed by atoms with van der Waals surface area (Å²) >= 11 is 0.869. The van der Waals surface area contributed by atoms with E-state index in [9.17, 15) is 4.79 Å². The molecule has 0 aliphatic heterocycles. The molecule has 0 bridgehead atoms. The first-order chi connectivity index (χ1) is 6.79. The van der Waals surface area contributed by atoms with Gasteiger partial charge in [-0.1, -0.05) is 18.2 Å². The zero-order chi connectivity index (χ0) is 10.4. The number of carbonyl (C=O) groups excluding carboxylic acids is 1. The Balaban J connectivity index is 2.79. The number of carbonyl (C=O) groups is 1. The summed E-state index contributed by atoms with van der Waals surface area (Å²) in [6.07, 6.45) is 0. The molecule has 0 aliphatic carbocycles. The van der Waals surface area contributed by atoms with Gasteiger partial charge in [0.1, 0.15) is 0 Å². The maximum Gasteiger partial charge on any atom is 0.264 e. The molecule has 1 amide bonds. The lowest BCUT2D eigenvalue weighted by atomic mass is 10.2. The molecule has 1 aromatic rings. The second-order valence-corrected chi connectivity index (χ2v) is 3.35. The van der Waals surface area contributed by atoms with Crippen LogP contribution in [0, 0.1) is 10.7 Å². The van der Waals surface area contributed by atoms with Crippen molar-refractivity contribution in [2.75, 3.05) is 6.54 Å². The van der Waals surface area contributed by atoms with E-state index in [1.165, 1.54) is 4.31 Å². The monoisotopic (exact) mass is 206 g/mol. The molecule has 0 radical (unpaired) electrons. The zero-order valence-electron chi connectivity index (χ0n) is 7.80. The molecule has 0 aromatic heterocycles. The van der Waals surface area contributed by atoms with Crippen LogP contribution in [0.25, 0.3) is 0 Å². The maximum absolute atomic E-state index is 11.7. The molecule has 14 heavy (non-hydrogen) atoms. The summed E-state index contributed by atoms with van der Waals surface area (Å²) in [5.41, 5.74) is 0.608. The van der Waals surface area contributed by atoms with E-state index in [0.717, 1.165) is 11.9 Å². The van der Waals surface area contributed by atoms with E-state index in [0.29, 0.717) is 12.1 Å². The SMILES string of the molecule is CCN(SC#N)C(=O)c1ccccc1. The first-order valence-electron chi connectivity index (χ1n) is 4.22. The molecule has 0 saturated carbocycles. The highest BCUT2D eigenvalue weighted by molar-refractivity contribution is 8.02. The van der Waals surface area contributed by atoms with Crippen molar-refractivity contribution in [3.63, 3.8) is 0 Å². The Kier molecular flexibility index (Phi) is 4.02. The normalized spacial score (nSPS) is 9.14. The van der Waals surface area contributed by atoms with Gasteiger partial charge in [-0.05, 0) is 19.1 Å². The minimum Gasteiger partial charge on any atom is -0.270 e. The largest absolute Gasteiger partial charge is 0.270 e. The van der Waals surface area contributed by atoms with Gasteiger partial charge in [-0.3, -0.25) is 9.10 Å². The number of hydrogen-bond donors (Lipinski definition) is 0. The quantitative estimate of drug-likeness (QED) is 0.563. The highest BCUT2D eigenvalue weighted by Gasteiger charge is 2.13. The van der Waals surface area contributed by atoms with Gasteiger partial charge in [-0.2, -0.15) is 5.26 Å². The second-order valence-electron chi connectivity index (χ2n) is 2.55. The van der Waals surface area contributed by atoms with Crippen LogP contribution in [0.5, 0.6) is 0 Å². The molecule has 0 saturated heterocycles. The number of thiocyanates is 1. The van der Waals surface area contributed by atoms with Crippen LogP contribution in [0.4, 0.5) is 0 Å². The molecule has 4 heteroatoms. The fourth-order valence-corrected chi connectivity index (χ4v) is 1.44. The average molecular weight is 206 g/mol. The van der Waals surface area contributed by atoms with Crippen molar-refractivity contribution in [3.8, 4) is 5.40 Å². The van der Waals surface area contributed by atoms with Gasteiger partial charge >= 0.3 is 0 Å². The number of rotatable bonds is 3. The third-order valence-electron chi connectivity index (χ3n) is 1.69. The van der Waals surface area contributed by atoms with Gasteiger partial charge in [-0.25, -0.2) is 0 Å². The van der Waals surface area contributed by atoms with E-state index in [1.807, 2.05) is 18.4 Å². The van der Waals surface area contributed by atoms with Crippen molar-refractivity contribution < 1.29 is 4.79 Å². The summed E-state index contributed by atoms with van der Waals surface area (Å²) < 4.78 is 1.43. The molecule has 1 rings (SSSR count). The van der Waals surface area contributed by atoms with Crippen LogP contribution < -0.4 is 0 Å². The first kappa shape index (κ1) is 10.6. The van der Waals surface area contributed by atoms with Crippen molar-refractivity contribution in [1.29, 1.82) is 5.26 Å². The molecule has 3 nitrogen and oxygen atoms in total. The number of nitriles is 1. The third-order valence-corrected chi connectivity index (χ3v) is 2.41. The van der Waals surface area contributed by atoms with Crippen molar-refractivity contribution in [3.05, 3.63) is 35.9 Å². The van der Waals surface area contributed by atoms with Crippen molar-refractivity contribution >= 4 is 17.9 Å². The maximum atomic E-state index is 11.7. The molecule has 0 spiro atoms. The van der Waals surface area contributed by atoms with Gasteiger partial charge in [0, 0.05) is 12.1 Å². The molecule has 0 aliphatic rings. The molecule has 0 heterocycles. The van der Waals surface area contributed by atoms with Crippen LogP contribution in [0.2, 0.25) is 0 Å². The number of amides is 1. The Hall–Kier alpha value is -1.47. The highest BCUT2D eigenvalue weighted by atomic mass is 32.2. The van der Waals surface area contributed by atoms with Gasteiger partial charge in [0.05, 0.1) is 11.9 Å². The first-order valence-corrected chi connectivity index (χ1v) is 5.00. The highest BCUT2D eigenvalue weighted by Crippen LogP contribution is 2.12. The summed E-state index contributed by atoms with van der Waals surface area (Å²) in [4.78, 5) is 11.7. The lowest BCUT2D eigenvalue weighted by Crippen LogP contribution is -2.23. The Morgan fingerprint density at radius 1 is 1.50 bits per heavy atom. The van der Waals surface area contributed by atoms with E-state index < -0.39 is 0 Å². The third kappa shape index (κ3) is 2.51. The molecular weight excluding hydrogens is 196 g/mol. The Morgan fingerprint density at radius 3 is 2.64 bits per heavy atom. The Bertz CT molecular complexity index is 345. The smallest absolute Gasteiger partial charge is 0.264 e. The second kappa shape index (κ2) is 5.30. The van der Waals surface area contributed by atoms with Gasteiger partial charge in [0.2, 0.25) is 0 Å². The predicted octanol–water partition coefficient (Wildman–Crippen LogP) is 2.28. The van der Waals surface area contributed by atoms with Gasteiger partial charge in [-0.15, -0.1) is 0 Å². The Morgan fingerprint density at radius 2 is 2.14 bits per heavy atom. The van der Waals surface area contributed by atoms with Gasteiger partial charge < -0.3 is 0 Å². The lowest BCUT2D eigenvalue weighted by molar-refractivity contribution is 0.0877. The van der Waals surface area contributed by atoms with Crippen molar-refractivity contribution in [2.45, 2.75) is 6.92 Å². The number of hydrogen-bond acceptors (Lipinski definition) is 3. The van der Waals surface area contributed by atoms with Gasteiger partial charge in [0.15, 0.2) is 5.40 Å². The fraction of sp³-hybridized carbons (Fsp3) is 0.200. The van der Waals surface area contributed by atoms with Crippen molar-refractivity contribution in [1.82, 2.24) is 4.31 Å². The summed E-state index contributed by atoms with van der Waals surface area (Å²) in [5.74, 6) is -0.125. The summed E-state index contributed by atoms with van der Waals surface area (Å²) in [7, 11) is 0. The topological polar surface area (TPSA) is 44.1 Å². The van der Waals surface area contributed by atoms with Crippen molar-refractivity contribution in [2.24, 2.45) is 0 Å². The van der Waals surface area contributed by atoms with Crippen LogP contribution in [-0.2, 0) is 0 Å². The Labute approximate surface area is 87.5 Å². The summed E-state index contributed by atoms with van der Waals surface area (Å²) in [6, 6.07) is 8.94. The number of nitrogens with zero attached hydrogens (tertiary/aromatic N) is 2. The van der Waals surface area contributed by atoms with E-state index in [1.54, 1.807) is 24.3 Å². The molecule has 0 N–H and O–H groups in total. The van der Waals surface area contributed by atoms with E-state index in [-0.39, 0.29) is 5.91 Å². The fourth-order valence-electron chi connectivity index (χ4n) is 1.02. The summed E-state index contributed by atoms with van der Waals surface area (Å²) in [6.45, 7) is 2.36. The molecule has 0 atom stereocenters. The summed E-state index contributed by atoms with van der Waals surface area (Å²) in [5, 5.41) is 10.4. The zero-order valence-corrected chi connectivity index (χ0v) is 8.62. The molecule has 1 aromatic carbocycles. The lowest BCUT2D eigenvalue weighted by Gasteiger charge is -2.14. The minimum atomic E-state index is -0.125. The van der Waals surface area contributed by atoms with Crippen LogP contribution in [0.3, 0.4) is 0 Å². The molecule has 0 fully saturated rings. The predicted molar refractivity (Wildman–Crippen MR) is 56.4 cm³/mol. The molecular formula is C10H10N2OS. The average Bonchev–Trinajstić information content (AvgIpc) is 2.26. The van der Waals surface area contributed by atoms with Gasteiger partial charge in [0.25, 0.3) is 5.91 Å². The standard InChI is InChI=1S/C10H10N2OS/c1-2-12(14-8-11)10(13)9-6-4-3-5-7-9/h3-7H,2H2,1H3. The molecule has 72 valence electrons. The van der Waals surface area contributed by atoms with Crippen LogP contribution >= 0.6 is 11.9 Å². The van der Waals surface area contributed by atoms with E-state index >= 15 is 0 Å². The minimum absolute atomic E-state index is 0.125. The van der Waals surface area contributed by atoms with E-state index in [4.69, 9.17) is 5.26 Å². The van der Waals surface area contributed by atoms with Crippen LogP contribution in [0.1, 0.15) is 17.3 Å². The number of benzene rings is 1. The molecule has 0 unspecified atom stereocenters.